The maximum Gasteiger partial charge on any atom is 0.166 e. The number of anilines is 1. The lowest BCUT2D eigenvalue weighted by Crippen LogP contribution is -2.35. The fourth-order valence-corrected chi connectivity index (χ4v) is 3.09. The molecule has 2 aromatic rings. The van der Waals surface area contributed by atoms with Gasteiger partial charge in [0.05, 0.1) is 0 Å². The van der Waals surface area contributed by atoms with Crippen molar-refractivity contribution in [1.29, 1.82) is 0 Å². The molecule has 0 fully saturated rings. The van der Waals surface area contributed by atoms with Gasteiger partial charge in [0, 0.05) is 48.5 Å². The Balaban J connectivity index is 1.63. The molecule has 0 spiro atoms. The summed E-state index contributed by atoms with van der Waals surface area (Å²) in [6, 6.07) is 16.3. The molecule has 0 amide bonds. The molecule has 2 rings (SSSR count). The van der Waals surface area contributed by atoms with Crippen LogP contribution in [0.4, 0.5) is 5.69 Å². The predicted molar refractivity (Wildman–Crippen MR) is 110 cm³/mol. The highest BCUT2D eigenvalue weighted by Crippen LogP contribution is 2.19. The topological polar surface area (TPSA) is 27.3 Å². The average Bonchev–Trinajstić information content (AvgIpc) is 2.59. The van der Waals surface area contributed by atoms with Crippen molar-refractivity contribution in [2.75, 3.05) is 31.3 Å². The Kier molecular flexibility index (Phi) is 7.69. The Hall–Kier alpha value is -1.43. The number of hydrogen-bond acceptors (Lipinski definition) is 3. The SMILES string of the molecule is CN(C)c1ccc(CNC(=S)NCCSc2ccc(Cl)cc2)cc1. The molecule has 3 nitrogen and oxygen atoms in total. The number of thiocarbonyl (C=S) groups is 1. The number of benzene rings is 2. The molecule has 0 heterocycles. The van der Waals surface area contributed by atoms with E-state index < -0.39 is 0 Å². The maximum atomic E-state index is 5.87. The van der Waals surface area contributed by atoms with E-state index in [0.717, 1.165) is 23.9 Å². The Bertz CT molecular complexity index is 642. The van der Waals surface area contributed by atoms with Crippen molar-refractivity contribution in [2.45, 2.75) is 11.4 Å². The first kappa shape index (κ1) is 18.9. The summed E-state index contributed by atoms with van der Waals surface area (Å²) in [7, 11) is 4.07. The van der Waals surface area contributed by atoms with Crippen LogP contribution in [0.1, 0.15) is 5.56 Å². The van der Waals surface area contributed by atoms with Crippen LogP contribution in [0.25, 0.3) is 0 Å². The zero-order chi connectivity index (χ0) is 17.4. The summed E-state index contributed by atoms with van der Waals surface area (Å²) >= 11 is 13.0. The van der Waals surface area contributed by atoms with Crippen molar-refractivity contribution in [3.05, 3.63) is 59.1 Å². The first-order chi connectivity index (χ1) is 11.5. The molecule has 2 aromatic carbocycles. The molecule has 128 valence electrons. The number of thioether (sulfide) groups is 1. The van der Waals surface area contributed by atoms with E-state index in [9.17, 15) is 0 Å². The molecule has 0 atom stereocenters. The molecule has 0 bridgehead atoms. The van der Waals surface area contributed by atoms with E-state index in [1.54, 1.807) is 11.8 Å². The Morgan fingerprint density at radius 2 is 1.71 bits per heavy atom. The number of halogens is 1. The van der Waals surface area contributed by atoms with Crippen LogP contribution in [0.2, 0.25) is 5.02 Å². The van der Waals surface area contributed by atoms with Crippen LogP contribution in [-0.4, -0.2) is 31.5 Å². The van der Waals surface area contributed by atoms with Gasteiger partial charge < -0.3 is 15.5 Å². The van der Waals surface area contributed by atoms with E-state index in [4.69, 9.17) is 23.8 Å². The minimum Gasteiger partial charge on any atom is -0.378 e. The fourth-order valence-electron chi connectivity index (χ4n) is 2.02. The third-order valence-electron chi connectivity index (χ3n) is 3.38. The standard InChI is InChI=1S/C18H22ClN3S2/c1-22(2)16-7-3-14(4-8-16)13-21-18(23)20-11-12-24-17-9-5-15(19)6-10-17/h3-10H,11-13H2,1-2H3,(H2,20,21,23). The van der Waals surface area contributed by atoms with Gasteiger partial charge in [-0.3, -0.25) is 0 Å². The van der Waals surface area contributed by atoms with Gasteiger partial charge in [0.25, 0.3) is 0 Å². The molecule has 0 aliphatic heterocycles. The van der Waals surface area contributed by atoms with E-state index in [0.29, 0.717) is 5.11 Å². The predicted octanol–water partition coefficient (Wildman–Crippen LogP) is 4.16. The third-order valence-corrected chi connectivity index (χ3v) is 4.93. The summed E-state index contributed by atoms with van der Waals surface area (Å²) in [5.74, 6) is 0.945. The van der Waals surface area contributed by atoms with E-state index in [1.165, 1.54) is 16.1 Å². The second-order valence-corrected chi connectivity index (χ2v) is 7.49. The molecule has 0 radical (unpaired) electrons. The zero-order valence-corrected chi connectivity index (χ0v) is 16.3. The van der Waals surface area contributed by atoms with Gasteiger partial charge in [-0.2, -0.15) is 0 Å². The van der Waals surface area contributed by atoms with Crippen LogP contribution in [-0.2, 0) is 6.54 Å². The van der Waals surface area contributed by atoms with Crippen LogP contribution in [0.5, 0.6) is 0 Å². The second-order valence-electron chi connectivity index (χ2n) is 5.47. The van der Waals surface area contributed by atoms with Crippen molar-refractivity contribution in [1.82, 2.24) is 10.6 Å². The summed E-state index contributed by atoms with van der Waals surface area (Å²) in [6.07, 6.45) is 0. The zero-order valence-electron chi connectivity index (χ0n) is 13.9. The summed E-state index contributed by atoms with van der Waals surface area (Å²) in [6.45, 7) is 1.54. The maximum absolute atomic E-state index is 5.87. The lowest BCUT2D eigenvalue weighted by Gasteiger charge is -2.14. The molecule has 6 heteroatoms. The molecule has 0 aliphatic rings. The molecular weight excluding hydrogens is 358 g/mol. The molecule has 0 aromatic heterocycles. The quantitative estimate of drug-likeness (QED) is 0.428. The van der Waals surface area contributed by atoms with Gasteiger partial charge >= 0.3 is 0 Å². The van der Waals surface area contributed by atoms with Crippen LogP contribution >= 0.6 is 35.6 Å². The monoisotopic (exact) mass is 379 g/mol. The van der Waals surface area contributed by atoms with Gasteiger partial charge in [0.1, 0.15) is 0 Å². The normalized spacial score (nSPS) is 10.3. The van der Waals surface area contributed by atoms with E-state index in [1.807, 2.05) is 38.4 Å². The van der Waals surface area contributed by atoms with Gasteiger partial charge in [-0.05, 0) is 54.2 Å². The lowest BCUT2D eigenvalue weighted by molar-refractivity contribution is 0.857. The van der Waals surface area contributed by atoms with E-state index >= 15 is 0 Å². The smallest absolute Gasteiger partial charge is 0.166 e. The third kappa shape index (κ3) is 6.59. The largest absolute Gasteiger partial charge is 0.378 e. The molecular formula is C18H22ClN3S2. The number of nitrogens with zero attached hydrogens (tertiary/aromatic N) is 1. The molecule has 2 N–H and O–H groups in total. The van der Waals surface area contributed by atoms with Gasteiger partial charge in [-0.15, -0.1) is 11.8 Å². The van der Waals surface area contributed by atoms with Crippen molar-refractivity contribution in [3.63, 3.8) is 0 Å². The molecule has 0 saturated heterocycles. The first-order valence-electron chi connectivity index (χ1n) is 7.71. The van der Waals surface area contributed by atoms with Gasteiger partial charge in [0.15, 0.2) is 5.11 Å². The van der Waals surface area contributed by atoms with Crippen LogP contribution in [0.3, 0.4) is 0 Å². The summed E-state index contributed by atoms with van der Waals surface area (Å²) < 4.78 is 0. The van der Waals surface area contributed by atoms with Crippen LogP contribution < -0.4 is 15.5 Å². The number of hydrogen-bond donors (Lipinski definition) is 2. The van der Waals surface area contributed by atoms with Crippen molar-refractivity contribution < 1.29 is 0 Å². The van der Waals surface area contributed by atoms with Crippen molar-refractivity contribution >= 4 is 46.4 Å². The Labute approximate surface area is 158 Å². The highest BCUT2D eigenvalue weighted by Gasteiger charge is 1.99. The summed E-state index contributed by atoms with van der Waals surface area (Å²) in [5, 5.41) is 7.91. The second kappa shape index (κ2) is 9.77. The summed E-state index contributed by atoms with van der Waals surface area (Å²) in [4.78, 5) is 3.29. The van der Waals surface area contributed by atoms with Crippen molar-refractivity contribution in [2.24, 2.45) is 0 Å². The Morgan fingerprint density at radius 1 is 1.04 bits per heavy atom. The molecule has 24 heavy (non-hydrogen) atoms. The van der Waals surface area contributed by atoms with Gasteiger partial charge in [-0.1, -0.05) is 23.7 Å². The van der Waals surface area contributed by atoms with Crippen LogP contribution in [0, 0.1) is 0 Å². The van der Waals surface area contributed by atoms with Crippen LogP contribution in [0.15, 0.2) is 53.4 Å². The fraction of sp³-hybridized carbons (Fsp3) is 0.278. The minimum absolute atomic E-state index is 0.684. The van der Waals surface area contributed by atoms with E-state index in [-0.39, 0.29) is 0 Å². The number of rotatable bonds is 7. The molecule has 0 aliphatic carbocycles. The molecule has 0 saturated carbocycles. The number of nitrogens with one attached hydrogen (secondary N) is 2. The van der Waals surface area contributed by atoms with Crippen molar-refractivity contribution in [3.8, 4) is 0 Å². The molecule has 0 unspecified atom stereocenters. The van der Waals surface area contributed by atoms with E-state index in [2.05, 4.69) is 39.8 Å². The average molecular weight is 380 g/mol. The summed E-state index contributed by atoms with van der Waals surface area (Å²) in [5.41, 5.74) is 2.40. The van der Waals surface area contributed by atoms with Gasteiger partial charge in [0.2, 0.25) is 0 Å². The first-order valence-corrected chi connectivity index (χ1v) is 9.48. The van der Waals surface area contributed by atoms with Gasteiger partial charge in [-0.25, -0.2) is 0 Å². The highest BCUT2D eigenvalue weighted by atomic mass is 35.5. The highest BCUT2D eigenvalue weighted by molar-refractivity contribution is 7.99. The minimum atomic E-state index is 0.684. The Morgan fingerprint density at radius 3 is 2.33 bits per heavy atom. The lowest BCUT2D eigenvalue weighted by atomic mass is 10.2.